The molecule has 8 nitrogen and oxygen atoms in total. The lowest BCUT2D eigenvalue weighted by Crippen LogP contribution is -2.64. The van der Waals surface area contributed by atoms with E-state index in [4.69, 9.17) is 15.7 Å². The van der Waals surface area contributed by atoms with Crippen molar-refractivity contribution in [2.24, 2.45) is 22.2 Å². The standard InChI is InChI=1S/C13H22N4O4/c1-8-5-13(6-8,11(14)16-20)12(19)17-3-4-21-7-9(17)10(18)15-2/h8-9,20H,3-7H2,1-2H3,(H2,14,16)(H,15,18). The Bertz CT molecular complexity index is 459. The minimum atomic E-state index is -0.988. The normalized spacial score (nSPS) is 33.2. The second-order valence-corrected chi connectivity index (χ2v) is 5.78. The van der Waals surface area contributed by atoms with E-state index in [0.29, 0.717) is 31.9 Å². The molecule has 1 aliphatic heterocycles. The van der Waals surface area contributed by atoms with E-state index < -0.39 is 11.5 Å². The van der Waals surface area contributed by atoms with E-state index in [2.05, 4.69) is 10.5 Å². The number of likely N-dealkylation sites (N-methyl/N-ethyl adjacent to an activating group) is 1. The van der Waals surface area contributed by atoms with E-state index in [1.807, 2.05) is 6.92 Å². The van der Waals surface area contributed by atoms with Crippen LogP contribution in [0, 0.1) is 11.3 Å². The van der Waals surface area contributed by atoms with E-state index >= 15 is 0 Å². The Morgan fingerprint density at radius 1 is 1.48 bits per heavy atom. The van der Waals surface area contributed by atoms with Crippen LogP contribution in [0.2, 0.25) is 0 Å². The molecule has 8 heteroatoms. The van der Waals surface area contributed by atoms with Gasteiger partial charge in [-0.1, -0.05) is 12.1 Å². The predicted octanol–water partition coefficient (Wildman–Crippen LogP) is -0.877. The number of rotatable bonds is 3. The van der Waals surface area contributed by atoms with E-state index in [1.54, 1.807) is 0 Å². The second kappa shape index (κ2) is 5.88. The molecule has 21 heavy (non-hydrogen) atoms. The molecule has 1 atom stereocenters. The van der Waals surface area contributed by atoms with Gasteiger partial charge in [0.15, 0.2) is 5.84 Å². The highest BCUT2D eigenvalue weighted by Gasteiger charge is 2.55. The molecule has 0 aromatic carbocycles. The highest BCUT2D eigenvalue weighted by Crippen LogP contribution is 2.47. The zero-order chi connectivity index (χ0) is 15.6. The highest BCUT2D eigenvalue weighted by molar-refractivity contribution is 6.08. The van der Waals surface area contributed by atoms with Crippen LogP contribution in [-0.4, -0.2) is 60.6 Å². The van der Waals surface area contributed by atoms with Crippen molar-refractivity contribution < 1.29 is 19.5 Å². The summed E-state index contributed by atoms with van der Waals surface area (Å²) in [5, 5.41) is 14.6. The van der Waals surface area contributed by atoms with Crippen molar-refractivity contribution in [2.75, 3.05) is 26.8 Å². The third kappa shape index (κ3) is 2.55. The van der Waals surface area contributed by atoms with Gasteiger partial charge in [0.2, 0.25) is 11.8 Å². The molecule has 0 aromatic heterocycles. The Morgan fingerprint density at radius 2 is 2.14 bits per heavy atom. The van der Waals surface area contributed by atoms with Gasteiger partial charge in [-0.3, -0.25) is 9.59 Å². The maximum Gasteiger partial charge on any atom is 0.244 e. The number of carbonyl (C=O) groups is 2. The van der Waals surface area contributed by atoms with Crippen molar-refractivity contribution in [3.05, 3.63) is 0 Å². The minimum absolute atomic E-state index is 0.0762. The summed E-state index contributed by atoms with van der Waals surface area (Å²) in [7, 11) is 1.52. The average Bonchev–Trinajstić information content (AvgIpc) is 2.49. The molecule has 0 bridgehead atoms. The number of oxime groups is 1. The largest absolute Gasteiger partial charge is 0.409 e. The summed E-state index contributed by atoms with van der Waals surface area (Å²) in [4.78, 5) is 26.3. The van der Waals surface area contributed by atoms with E-state index in [9.17, 15) is 9.59 Å². The van der Waals surface area contributed by atoms with Gasteiger partial charge in [-0.15, -0.1) is 0 Å². The zero-order valence-electron chi connectivity index (χ0n) is 12.3. The van der Waals surface area contributed by atoms with Crippen molar-refractivity contribution >= 4 is 17.6 Å². The molecule has 0 aromatic rings. The lowest BCUT2D eigenvalue weighted by molar-refractivity contribution is -0.158. The van der Waals surface area contributed by atoms with Crippen LogP contribution in [0.5, 0.6) is 0 Å². The number of carbonyl (C=O) groups excluding carboxylic acids is 2. The highest BCUT2D eigenvalue weighted by atomic mass is 16.5. The summed E-state index contributed by atoms with van der Waals surface area (Å²) in [6.45, 7) is 2.87. The summed E-state index contributed by atoms with van der Waals surface area (Å²) < 4.78 is 5.29. The molecule has 118 valence electrons. The molecule has 0 radical (unpaired) electrons. The Morgan fingerprint density at radius 3 is 2.67 bits per heavy atom. The molecular formula is C13H22N4O4. The van der Waals surface area contributed by atoms with Gasteiger partial charge in [0.25, 0.3) is 0 Å². The second-order valence-electron chi connectivity index (χ2n) is 5.78. The van der Waals surface area contributed by atoms with Crippen LogP contribution >= 0.6 is 0 Å². The van der Waals surface area contributed by atoms with Crippen molar-refractivity contribution in [2.45, 2.75) is 25.8 Å². The summed E-state index contributed by atoms with van der Waals surface area (Å²) in [5.74, 6) is -0.278. The fraction of sp³-hybridized carbons (Fsp3) is 0.769. The van der Waals surface area contributed by atoms with Crippen LogP contribution in [0.3, 0.4) is 0 Å². The molecule has 1 saturated heterocycles. The van der Waals surface area contributed by atoms with Crippen LogP contribution in [-0.2, 0) is 14.3 Å². The summed E-state index contributed by atoms with van der Waals surface area (Å²) in [6.07, 6.45) is 1.05. The monoisotopic (exact) mass is 298 g/mol. The molecule has 2 amide bonds. The van der Waals surface area contributed by atoms with Crippen molar-refractivity contribution in [1.29, 1.82) is 0 Å². The maximum absolute atomic E-state index is 12.9. The SMILES string of the molecule is CNC(=O)C1COCCN1C(=O)C1(C(N)=NO)CC(C)C1. The fourth-order valence-electron chi connectivity index (χ4n) is 3.22. The number of hydrogen-bond acceptors (Lipinski definition) is 5. The van der Waals surface area contributed by atoms with E-state index in [1.165, 1.54) is 11.9 Å². The van der Waals surface area contributed by atoms with Gasteiger partial charge in [0, 0.05) is 13.6 Å². The first-order valence-corrected chi connectivity index (χ1v) is 7.04. The minimum Gasteiger partial charge on any atom is -0.409 e. The fourth-order valence-corrected chi connectivity index (χ4v) is 3.22. The molecule has 2 aliphatic rings. The molecule has 1 saturated carbocycles. The molecule has 2 rings (SSSR count). The lowest BCUT2D eigenvalue weighted by Gasteiger charge is -2.48. The Balaban J connectivity index is 2.25. The van der Waals surface area contributed by atoms with Crippen LogP contribution in [0.1, 0.15) is 19.8 Å². The molecular weight excluding hydrogens is 276 g/mol. The van der Waals surface area contributed by atoms with Crippen LogP contribution in [0.25, 0.3) is 0 Å². The number of nitrogens with zero attached hydrogens (tertiary/aromatic N) is 2. The average molecular weight is 298 g/mol. The van der Waals surface area contributed by atoms with Crippen molar-refractivity contribution in [3.63, 3.8) is 0 Å². The number of hydrogen-bond donors (Lipinski definition) is 3. The number of nitrogens with one attached hydrogen (secondary N) is 1. The van der Waals surface area contributed by atoms with Gasteiger partial charge >= 0.3 is 0 Å². The first-order valence-electron chi connectivity index (χ1n) is 7.04. The summed E-state index contributed by atoms with van der Waals surface area (Å²) in [6, 6.07) is -0.671. The van der Waals surface area contributed by atoms with Crippen LogP contribution < -0.4 is 11.1 Å². The number of morpholine rings is 1. The van der Waals surface area contributed by atoms with Gasteiger partial charge in [0.05, 0.1) is 13.2 Å². The zero-order valence-corrected chi connectivity index (χ0v) is 12.3. The predicted molar refractivity (Wildman–Crippen MR) is 74.6 cm³/mol. The van der Waals surface area contributed by atoms with Gasteiger partial charge in [-0.05, 0) is 18.8 Å². The van der Waals surface area contributed by atoms with E-state index in [-0.39, 0.29) is 24.3 Å². The molecule has 0 spiro atoms. The molecule has 1 aliphatic carbocycles. The molecule has 1 unspecified atom stereocenters. The molecule has 4 N–H and O–H groups in total. The Hall–Kier alpha value is -1.83. The van der Waals surface area contributed by atoms with E-state index in [0.717, 1.165) is 0 Å². The van der Waals surface area contributed by atoms with Gasteiger partial charge in [0.1, 0.15) is 11.5 Å². The van der Waals surface area contributed by atoms with Gasteiger partial charge in [-0.25, -0.2) is 0 Å². The third-order valence-electron chi connectivity index (χ3n) is 4.34. The summed E-state index contributed by atoms with van der Waals surface area (Å²) in [5.41, 5.74) is 4.77. The van der Waals surface area contributed by atoms with Gasteiger partial charge < -0.3 is 25.9 Å². The number of amidine groups is 1. The van der Waals surface area contributed by atoms with Crippen LogP contribution in [0.4, 0.5) is 0 Å². The van der Waals surface area contributed by atoms with Crippen molar-refractivity contribution in [1.82, 2.24) is 10.2 Å². The van der Waals surface area contributed by atoms with Crippen molar-refractivity contribution in [3.8, 4) is 0 Å². The van der Waals surface area contributed by atoms with Gasteiger partial charge in [-0.2, -0.15) is 0 Å². The number of amides is 2. The first-order chi connectivity index (χ1) is 9.96. The smallest absolute Gasteiger partial charge is 0.244 e. The topological polar surface area (TPSA) is 117 Å². The summed E-state index contributed by atoms with van der Waals surface area (Å²) >= 11 is 0. The lowest BCUT2D eigenvalue weighted by atomic mass is 9.61. The first kappa shape index (κ1) is 15.6. The third-order valence-corrected chi connectivity index (χ3v) is 4.34. The number of ether oxygens (including phenoxy) is 1. The number of nitrogens with two attached hydrogens (primary N) is 1. The Kier molecular flexibility index (Phi) is 4.36. The Labute approximate surface area is 123 Å². The molecule has 1 heterocycles. The molecule has 2 fully saturated rings. The quantitative estimate of drug-likeness (QED) is 0.271. The van der Waals surface area contributed by atoms with Crippen LogP contribution in [0.15, 0.2) is 5.16 Å². The maximum atomic E-state index is 12.9.